The van der Waals surface area contributed by atoms with Crippen molar-refractivity contribution >= 4 is 5.78 Å². The standard InChI is InChI=1S/C12H17N3O4/c1-18-12-8-7-13-14-11(8)9(17)6-10(12)15(2-4-16)3-5-19-12/h6,8,11,16H,2-5,7H2,1H3/t8-,11+,12-/m0/s1. The Bertz CT molecular complexity index is 448. The molecule has 1 aliphatic carbocycles. The number of β-amino-alcohol motifs (C(OH)–C–C–N with tert-alkyl or cyclic N) is 1. The molecule has 7 heteroatoms. The Balaban J connectivity index is 2.03. The van der Waals surface area contributed by atoms with Gasteiger partial charge in [0.15, 0.2) is 5.78 Å². The smallest absolute Gasteiger partial charge is 0.217 e. The number of fused-ring (bicyclic) bond motifs is 3. The SMILES string of the molecule is CO[C@@]12OCCN(CCO)C1=CC(=O)[C@@H]1N=NC[C@@H]12. The minimum Gasteiger partial charge on any atom is -0.395 e. The quantitative estimate of drug-likeness (QED) is 0.750. The molecule has 0 unspecified atom stereocenters. The first-order valence-corrected chi connectivity index (χ1v) is 6.40. The number of ketones is 1. The summed E-state index contributed by atoms with van der Waals surface area (Å²) in [5.41, 5.74) is 0.689. The summed E-state index contributed by atoms with van der Waals surface area (Å²) in [6.45, 7) is 2.03. The van der Waals surface area contributed by atoms with Crippen LogP contribution in [0.2, 0.25) is 0 Å². The number of hydrogen-bond donors (Lipinski definition) is 1. The number of aliphatic hydroxyl groups excluding tert-OH is 1. The number of morpholine rings is 1. The van der Waals surface area contributed by atoms with E-state index in [2.05, 4.69) is 10.2 Å². The fourth-order valence-corrected chi connectivity index (χ4v) is 3.09. The van der Waals surface area contributed by atoms with Crippen molar-refractivity contribution in [1.29, 1.82) is 0 Å². The first-order valence-electron chi connectivity index (χ1n) is 6.40. The van der Waals surface area contributed by atoms with Crippen LogP contribution in [0.3, 0.4) is 0 Å². The van der Waals surface area contributed by atoms with Gasteiger partial charge in [-0.15, -0.1) is 0 Å². The van der Waals surface area contributed by atoms with Crippen LogP contribution in [0.4, 0.5) is 0 Å². The van der Waals surface area contributed by atoms with Gasteiger partial charge >= 0.3 is 0 Å². The van der Waals surface area contributed by atoms with Crippen LogP contribution in [0.5, 0.6) is 0 Å². The van der Waals surface area contributed by atoms with Gasteiger partial charge in [0, 0.05) is 26.3 Å². The second-order valence-corrected chi connectivity index (χ2v) is 4.85. The first kappa shape index (κ1) is 12.7. The normalized spacial score (nSPS) is 37.1. The van der Waals surface area contributed by atoms with Crippen LogP contribution >= 0.6 is 0 Å². The Kier molecular flexibility index (Phi) is 3.12. The molecule has 3 aliphatic rings. The molecule has 3 atom stereocenters. The Labute approximate surface area is 110 Å². The highest BCUT2D eigenvalue weighted by atomic mass is 16.7. The van der Waals surface area contributed by atoms with Crippen molar-refractivity contribution in [3.63, 3.8) is 0 Å². The van der Waals surface area contributed by atoms with Crippen LogP contribution in [0.25, 0.3) is 0 Å². The number of nitrogens with zero attached hydrogens (tertiary/aromatic N) is 3. The number of aliphatic hydroxyl groups is 1. The van der Waals surface area contributed by atoms with Gasteiger partial charge in [-0.1, -0.05) is 0 Å². The van der Waals surface area contributed by atoms with Gasteiger partial charge < -0.3 is 19.5 Å². The van der Waals surface area contributed by atoms with E-state index < -0.39 is 11.8 Å². The molecule has 0 saturated carbocycles. The third-order valence-electron chi connectivity index (χ3n) is 3.97. The van der Waals surface area contributed by atoms with E-state index in [0.717, 1.165) is 0 Å². The molecule has 1 N–H and O–H groups in total. The molecule has 104 valence electrons. The second kappa shape index (κ2) is 4.66. The van der Waals surface area contributed by atoms with Gasteiger partial charge in [-0.25, -0.2) is 0 Å². The predicted molar refractivity (Wildman–Crippen MR) is 64.4 cm³/mol. The predicted octanol–water partition coefficient (Wildman–Crippen LogP) is -0.429. The third-order valence-corrected chi connectivity index (χ3v) is 3.97. The topological polar surface area (TPSA) is 83.7 Å². The highest BCUT2D eigenvalue weighted by molar-refractivity contribution is 5.97. The number of carbonyl (C=O) groups excluding carboxylic acids is 1. The Morgan fingerprint density at radius 3 is 3.26 bits per heavy atom. The van der Waals surface area contributed by atoms with Crippen molar-refractivity contribution in [3.05, 3.63) is 11.8 Å². The molecule has 0 aromatic carbocycles. The summed E-state index contributed by atoms with van der Waals surface area (Å²) in [7, 11) is 1.57. The average Bonchev–Trinajstić information content (AvgIpc) is 2.91. The van der Waals surface area contributed by atoms with Crippen molar-refractivity contribution in [2.75, 3.05) is 40.0 Å². The molecule has 0 amide bonds. The molecule has 1 fully saturated rings. The average molecular weight is 267 g/mol. The van der Waals surface area contributed by atoms with E-state index in [4.69, 9.17) is 14.6 Å². The molecule has 0 aromatic rings. The lowest BCUT2D eigenvalue weighted by molar-refractivity contribution is -0.257. The zero-order valence-corrected chi connectivity index (χ0v) is 10.8. The van der Waals surface area contributed by atoms with Crippen molar-refractivity contribution in [1.82, 2.24) is 4.90 Å². The Hall–Kier alpha value is -1.31. The number of carbonyl (C=O) groups is 1. The Morgan fingerprint density at radius 1 is 1.68 bits per heavy atom. The molecular formula is C12H17N3O4. The zero-order valence-electron chi connectivity index (χ0n) is 10.8. The van der Waals surface area contributed by atoms with Gasteiger partial charge in [0.25, 0.3) is 0 Å². The summed E-state index contributed by atoms with van der Waals surface area (Å²) in [4.78, 5) is 14.1. The molecule has 7 nitrogen and oxygen atoms in total. The van der Waals surface area contributed by atoms with E-state index in [9.17, 15) is 4.79 Å². The van der Waals surface area contributed by atoms with Crippen LogP contribution in [0.1, 0.15) is 0 Å². The molecule has 2 heterocycles. The van der Waals surface area contributed by atoms with E-state index in [1.165, 1.54) is 6.08 Å². The van der Waals surface area contributed by atoms with Crippen LogP contribution in [-0.2, 0) is 14.3 Å². The highest BCUT2D eigenvalue weighted by Gasteiger charge is 2.57. The first-order chi connectivity index (χ1) is 9.23. The monoisotopic (exact) mass is 267 g/mol. The summed E-state index contributed by atoms with van der Waals surface area (Å²) < 4.78 is 11.5. The molecule has 1 saturated heterocycles. The van der Waals surface area contributed by atoms with Gasteiger partial charge in [0.1, 0.15) is 6.04 Å². The maximum absolute atomic E-state index is 12.1. The van der Waals surface area contributed by atoms with Crippen molar-refractivity contribution in [2.24, 2.45) is 16.1 Å². The van der Waals surface area contributed by atoms with Gasteiger partial charge in [0.2, 0.25) is 5.79 Å². The number of azo groups is 1. The summed E-state index contributed by atoms with van der Waals surface area (Å²) in [5.74, 6) is -1.25. The Morgan fingerprint density at radius 2 is 2.53 bits per heavy atom. The van der Waals surface area contributed by atoms with Gasteiger partial charge in [-0.05, 0) is 0 Å². The number of rotatable bonds is 3. The van der Waals surface area contributed by atoms with Gasteiger partial charge in [-0.2, -0.15) is 10.2 Å². The van der Waals surface area contributed by atoms with Crippen LogP contribution in [-0.4, -0.2) is 67.6 Å². The number of ether oxygens (including phenoxy) is 2. The number of hydrogen-bond acceptors (Lipinski definition) is 7. The maximum atomic E-state index is 12.1. The molecule has 0 radical (unpaired) electrons. The van der Waals surface area contributed by atoms with Gasteiger partial charge in [-0.3, -0.25) is 4.79 Å². The van der Waals surface area contributed by atoms with Crippen LogP contribution in [0, 0.1) is 5.92 Å². The summed E-state index contributed by atoms with van der Waals surface area (Å²) in [6, 6.07) is -0.502. The molecule has 0 spiro atoms. The number of methoxy groups -OCH3 is 1. The molecule has 0 aromatic heterocycles. The van der Waals surface area contributed by atoms with Crippen LogP contribution in [0.15, 0.2) is 22.0 Å². The maximum Gasteiger partial charge on any atom is 0.217 e. The largest absolute Gasteiger partial charge is 0.395 e. The summed E-state index contributed by atoms with van der Waals surface area (Å²) in [5, 5.41) is 17.1. The minimum absolute atomic E-state index is 0.0220. The fraction of sp³-hybridized carbons (Fsp3) is 0.750. The summed E-state index contributed by atoms with van der Waals surface area (Å²) in [6.07, 6.45) is 1.53. The van der Waals surface area contributed by atoms with E-state index >= 15 is 0 Å². The van der Waals surface area contributed by atoms with E-state index in [-0.39, 0.29) is 18.3 Å². The van der Waals surface area contributed by atoms with Crippen molar-refractivity contribution in [3.8, 4) is 0 Å². The lowest BCUT2D eigenvalue weighted by atomic mass is 9.80. The molecule has 0 bridgehead atoms. The third kappa shape index (κ3) is 1.73. The van der Waals surface area contributed by atoms with Crippen LogP contribution < -0.4 is 0 Å². The van der Waals surface area contributed by atoms with E-state index in [1.807, 2.05) is 4.90 Å². The fourth-order valence-electron chi connectivity index (χ4n) is 3.09. The van der Waals surface area contributed by atoms with Crippen molar-refractivity contribution < 1.29 is 19.4 Å². The highest BCUT2D eigenvalue weighted by Crippen LogP contribution is 2.44. The summed E-state index contributed by atoms with van der Waals surface area (Å²) >= 11 is 0. The van der Waals surface area contributed by atoms with E-state index in [0.29, 0.717) is 31.9 Å². The lowest BCUT2D eigenvalue weighted by Gasteiger charge is -2.49. The van der Waals surface area contributed by atoms with Gasteiger partial charge in [0.05, 0.1) is 31.4 Å². The minimum atomic E-state index is -0.963. The molecule has 19 heavy (non-hydrogen) atoms. The second-order valence-electron chi connectivity index (χ2n) is 4.85. The molecule has 3 rings (SSSR count). The molecular weight excluding hydrogens is 250 g/mol. The zero-order chi connectivity index (χ0) is 13.5. The van der Waals surface area contributed by atoms with E-state index in [1.54, 1.807) is 7.11 Å². The molecule has 2 aliphatic heterocycles. The lowest BCUT2D eigenvalue weighted by Crippen LogP contribution is -2.61. The van der Waals surface area contributed by atoms with Crippen molar-refractivity contribution in [2.45, 2.75) is 11.8 Å².